The van der Waals surface area contributed by atoms with Gasteiger partial charge in [0, 0.05) is 32.0 Å². The van der Waals surface area contributed by atoms with Gasteiger partial charge < -0.3 is 9.64 Å². The number of pyridine rings is 1. The monoisotopic (exact) mass is 446 g/mol. The minimum absolute atomic E-state index is 0.0291. The number of aryl methyl sites for hydroxylation is 1. The van der Waals surface area contributed by atoms with Gasteiger partial charge in [-0.05, 0) is 25.1 Å². The van der Waals surface area contributed by atoms with E-state index in [1.807, 2.05) is 19.1 Å². The highest BCUT2D eigenvalue weighted by atomic mass is 19.4. The molecule has 1 aliphatic rings. The largest absolute Gasteiger partial charge is 0.408 e. The average molecular weight is 446 g/mol. The maximum atomic E-state index is 13.5. The Morgan fingerprint density at radius 1 is 1.25 bits per heavy atom. The summed E-state index contributed by atoms with van der Waals surface area (Å²) in [7, 11) is 1.79. The molecule has 0 saturated carbocycles. The van der Waals surface area contributed by atoms with Gasteiger partial charge in [0.2, 0.25) is 0 Å². The molecule has 0 unspecified atom stereocenters. The number of morpholine rings is 1. The fourth-order valence-corrected chi connectivity index (χ4v) is 4.08. The first kappa shape index (κ1) is 20.5. The van der Waals surface area contributed by atoms with Gasteiger partial charge in [0.05, 0.1) is 36.0 Å². The molecule has 4 aromatic heterocycles. The highest BCUT2D eigenvalue weighted by molar-refractivity contribution is 5.99. The highest BCUT2D eigenvalue weighted by Gasteiger charge is 2.33. The van der Waals surface area contributed by atoms with Gasteiger partial charge in [-0.1, -0.05) is 0 Å². The molecule has 0 spiro atoms. The topological polar surface area (TPSA) is 89.7 Å². The van der Waals surface area contributed by atoms with Gasteiger partial charge in [-0.3, -0.25) is 14.5 Å². The Balaban J connectivity index is 1.82. The van der Waals surface area contributed by atoms with Gasteiger partial charge in [0.1, 0.15) is 23.3 Å². The lowest BCUT2D eigenvalue weighted by Gasteiger charge is -2.35. The second-order valence-electron chi connectivity index (χ2n) is 7.77. The van der Waals surface area contributed by atoms with E-state index >= 15 is 0 Å². The Morgan fingerprint density at radius 2 is 2.09 bits per heavy atom. The van der Waals surface area contributed by atoms with Crippen LogP contribution < -0.4 is 4.90 Å². The van der Waals surface area contributed by atoms with Gasteiger partial charge in [-0.2, -0.15) is 28.5 Å². The van der Waals surface area contributed by atoms with Crippen LogP contribution in [0.4, 0.5) is 18.9 Å². The van der Waals surface area contributed by atoms with E-state index < -0.39 is 12.7 Å². The molecule has 0 amide bonds. The van der Waals surface area contributed by atoms with E-state index in [9.17, 15) is 13.2 Å². The zero-order chi connectivity index (χ0) is 22.5. The van der Waals surface area contributed by atoms with Crippen molar-refractivity contribution in [2.24, 2.45) is 7.05 Å². The molecule has 4 aromatic rings. The Labute approximate surface area is 180 Å². The molecule has 1 atom stereocenters. The number of nitrogens with zero attached hydrogens (tertiary/aromatic N) is 7. The predicted octanol–water partition coefficient (Wildman–Crippen LogP) is 3.01. The lowest BCUT2D eigenvalue weighted by molar-refractivity contribution is -0.141. The fraction of sp³-hybridized carbons (Fsp3) is 0.400. The summed E-state index contributed by atoms with van der Waals surface area (Å²) >= 11 is 0. The minimum atomic E-state index is -4.45. The van der Waals surface area contributed by atoms with E-state index in [1.54, 1.807) is 24.0 Å². The van der Waals surface area contributed by atoms with Crippen molar-refractivity contribution in [3.8, 4) is 22.8 Å². The molecule has 168 valence electrons. The molecule has 1 fully saturated rings. The summed E-state index contributed by atoms with van der Waals surface area (Å²) in [5.41, 5.74) is 3.47. The van der Waals surface area contributed by atoms with Crippen molar-refractivity contribution in [1.82, 2.24) is 34.7 Å². The second-order valence-corrected chi connectivity index (χ2v) is 7.77. The molecular weight excluding hydrogens is 425 g/mol. The van der Waals surface area contributed by atoms with Gasteiger partial charge in [-0.25, -0.2) is 4.98 Å². The summed E-state index contributed by atoms with van der Waals surface area (Å²) in [4.78, 5) is 6.80. The number of alkyl halides is 3. The van der Waals surface area contributed by atoms with Crippen molar-refractivity contribution in [3.63, 3.8) is 0 Å². The Morgan fingerprint density at radius 3 is 2.75 bits per heavy atom. The quantitative estimate of drug-likeness (QED) is 0.518. The van der Waals surface area contributed by atoms with Crippen molar-refractivity contribution in [1.29, 1.82) is 0 Å². The number of aromatic amines is 1. The standard InChI is InChI=1S/C20H21F3N8O/c1-12-10-32-8-7-30(12)16-9-14(15-4-6-25-29(15)2)26-18-17(13-3-5-24-27-13)28-31(19(16)18)11-20(21,22)23/h3-6,9,12H,7-8,10-11H2,1-2H3,(H,24,27)/t12-/m1/s1. The molecule has 9 nitrogen and oxygen atoms in total. The molecule has 0 radical (unpaired) electrons. The number of anilines is 1. The average Bonchev–Trinajstić information content (AvgIpc) is 3.47. The third-order valence-corrected chi connectivity index (χ3v) is 5.52. The van der Waals surface area contributed by atoms with Gasteiger partial charge in [0.15, 0.2) is 0 Å². The molecule has 5 rings (SSSR count). The molecule has 12 heteroatoms. The van der Waals surface area contributed by atoms with Crippen molar-refractivity contribution < 1.29 is 17.9 Å². The molecule has 32 heavy (non-hydrogen) atoms. The van der Waals surface area contributed by atoms with Crippen LogP contribution in [0.1, 0.15) is 6.92 Å². The van der Waals surface area contributed by atoms with Crippen LogP contribution in [0.5, 0.6) is 0 Å². The number of hydrogen-bond acceptors (Lipinski definition) is 6. The number of ether oxygens (including phenoxy) is 1. The lowest BCUT2D eigenvalue weighted by Crippen LogP contribution is -2.44. The number of H-pyrrole nitrogens is 1. The SMILES string of the molecule is C[C@@H]1COCCN1c1cc(-c2ccnn2C)nc2c(-c3ccn[nH]3)nn(CC(F)(F)F)c12. The van der Waals surface area contributed by atoms with E-state index in [0.717, 1.165) is 10.4 Å². The minimum Gasteiger partial charge on any atom is -0.377 e. The molecular formula is C20H21F3N8O. The summed E-state index contributed by atoms with van der Waals surface area (Å²) in [6.07, 6.45) is -1.26. The van der Waals surface area contributed by atoms with E-state index in [-0.39, 0.29) is 6.04 Å². The Hall–Kier alpha value is -3.41. The number of hydrogen-bond donors (Lipinski definition) is 1. The van der Waals surface area contributed by atoms with Crippen LogP contribution in [-0.4, -0.2) is 66.7 Å². The zero-order valence-electron chi connectivity index (χ0n) is 17.5. The molecule has 0 aromatic carbocycles. The maximum Gasteiger partial charge on any atom is 0.408 e. The Bertz CT molecular complexity index is 1240. The van der Waals surface area contributed by atoms with E-state index in [2.05, 4.69) is 25.3 Å². The van der Waals surface area contributed by atoms with Crippen LogP contribution in [0.2, 0.25) is 0 Å². The summed E-state index contributed by atoms with van der Waals surface area (Å²) in [6, 6.07) is 5.26. The number of rotatable bonds is 4. The van der Waals surface area contributed by atoms with Gasteiger partial charge >= 0.3 is 6.18 Å². The van der Waals surface area contributed by atoms with Crippen molar-refractivity contribution in [2.75, 3.05) is 24.7 Å². The predicted molar refractivity (Wildman–Crippen MR) is 111 cm³/mol. The van der Waals surface area contributed by atoms with Crippen LogP contribution in [0.3, 0.4) is 0 Å². The molecule has 5 heterocycles. The fourth-order valence-electron chi connectivity index (χ4n) is 4.08. The first-order valence-corrected chi connectivity index (χ1v) is 10.1. The van der Waals surface area contributed by atoms with E-state index in [0.29, 0.717) is 53.6 Å². The van der Waals surface area contributed by atoms with Crippen molar-refractivity contribution >= 4 is 16.7 Å². The number of halogens is 3. The molecule has 1 N–H and O–H groups in total. The smallest absolute Gasteiger partial charge is 0.377 e. The summed E-state index contributed by atoms with van der Waals surface area (Å²) in [6.45, 7) is 2.26. The molecule has 1 saturated heterocycles. The van der Waals surface area contributed by atoms with Crippen LogP contribution >= 0.6 is 0 Å². The van der Waals surface area contributed by atoms with Crippen LogP contribution in [-0.2, 0) is 18.3 Å². The number of aromatic nitrogens is 7. The van der Waals surface area contributed by atoms with Crippen molar-refractivity contribution in [2.45, 2.75) is 25.7 Å². The van der Waals surface area contributed by atoms with Gasteiger partial charge in [0.25, 0.3) is 0 Å². The van der Waals surface area contributed by atoms with Crippen molar-refractivity contribution in [3.05, 3.63) is 30.6 Å². The highest BCUT2D eigenvalue weighted by Crippen LogP contribution is 2.37. The van der Waals surface area contributed by atoms with E-state index in [1.165, 1.54) is 6.20 Å². The zero-order valence-corrected chi connectivity index (χ0v) is 17.5. The third kappa shape index (κ3) is 3.60. The Kier molecular flexibility index (Phi) is 4.88. The normalized spacial score (nSPS) is 17.4. The summed E-state index contributed by atoms with van der Waals surface area (Å²) < 4.78 is 48.7. The molecule has 0 bridgehead atoms. The first-order chi connectivity index (χ1) is 15.3. The van der Waals surface area contributed by atoms with E-state index in [4.69, 9.17) is 9.72 Å². The van der Waals surface area contributed by atoms with Crippen LogP contribution in [0, 0.1) is 0 Å². The summed E-state index contributed by atoms with van der Waals surface area (Å²) in [5, 5.41) is 15.3. The number of fused-ring (bicyclic) bond motifs is 1. The second kappa shape index (κ2) is 7.62. The van der Waals surface area contributed by atoms with Crippen LogP contribution in [0.15, 0.2) is 30.6 Å². The third-order valence-electron chi connectivity index (χ3n) is 5.52. The van der Waals surface area contributed by atoms with Gasteiger partial charge in [-0.15, -0.1) is 0 Å². The maximum absolute atomic E-state index is 13.5. The van der Waals surface area contributed by atoms with Crippen LogP contribution in [0.25, 0.3) is 33.8 Å². The molecule has 1 aliphatic heterocycles. The summed E-state index contributed by atoms with van der Waals surface area (Å²) in [5.74, 6) is 0. The first-order valence-electron chi connectivity index (χ1n) is 10.1. The molecule has 0 aliphatic carbocycles. The lowest BCUT2D eigenvalue weighted by atomic mass is 10.1. The number of nitrogens with one attached hydrogen (secondary N) is 1.